The summed E-state index contributed by atoms with van der Waals surface area (Å²) in [5, 5.41) is 11.0. The van der Waals surface area contributed by atoms with E-state index in [1.54, 1.807) is 0 Å². The summed E-state index contributed by atoms with van der Waals surface area (Å²) in [5.74, 6) is -6.99. The molecule has 3 heterocycles. The van der Waals surface area contributed by atoms with Gasteiger partial charge in [0.25, 0.3) is 0 Å². The first-order valence-corrected chi connectivity index (χ1v) is 17.4. The minimum absolute atomic E-state index is 0.584. The van der Waals surface area contributed by atoms with Gasteiger partial charge in [-0.3, -0.25) is 38.4 Å². The first kappa shape index (κ1) is 45.9. The van der Waals surface area contributed by atoms with Crippen LogP contribution in [0.4, 0.5) is 0 Å². The average molecular weight is 809 g/mol. The lowest BCUT2D eigenvalue weighted by Gasteiger charge is -2.50. The lowest BCUT2D eigenvalue weighted by Crippen LogP contribution is -2.68. The number of carbonyl (C=O) groups is 8. The molecule has 0 unspecified atom stereocenters. The highest BCUT2D eigenvalue weighted by atomic mass is 16.8. The van der Waals surface area contributed by atoms with E-state index >= 15 is 0 Å². The standard InChI is InChI=1S/C34H48O22/c1-12-23(47-15(4)36)26(50-18(7)39)30(52-20(9)41)33(45-12)55-27-24(48-16(5)37)13(2)46-34(31(27)53-21(10)42)56-28-25(49-17(6)38)22(11-44-14(3)35)54-32(43)29(28)51-19(8)40/h12-13,22-34,43H,11H2,1-10H3/t12-,13-,22+,23-,24-,25-,26+,27+,28-,29+,30+,31+,32-,33-,34-/m0/s1. The van der Waals surface area contributed by atoms with E-state index < -0.39 is 146 Å². The van der Waals surface area contributed by atoms with E-state index in [0.29, 0.717) is 0 Å². The van der Waals surface area contributed by atoms with Crippen LogP contribution in [0, 0.1) is 0 Å². The fourth-order valence-electron chi connectivity index (χ4n) is 6.33. The molecule has 3 aliphatic heterocycles. The van der Waals surface area contributed by atoms with Crippen LogP contribution in [0.1, 0.15) is 69.2 Å². The maximum absolute atomic E-state index is 12.7. The number of esters is 8. The third kappa shape index (κ3) is 12.5. The number of carbonyl (C=O) groups excluding carboxylic acids is 8. The van der Waals surface area contributed by atoms with E-state index in [1.165, 1.54) is 13.8 Å². The summed E-state index contributed by atoms with van der Waals surface area (Å²) in [6.07, 6.45) is -23.8. The zero-order valence-electron chi connectivity index (χ0n) is 32.4. The van der Waals surface area contributed by atoms with Crippen molar-refractivity contribution in [2.75, 3.05) is 6.61 Å². The maximum atomic E-state index is 12.7. The SMILES string of the molecule is CC(=O)OC[C@H]1O[C@H](O)[C@H](OC(C)=O)[C@@H](O[C@@H]2O[C@@H](C)[C@H](OC(C)=O)[C@@H](O[C@@H]3O[C@@H](C)[C@H](OC(C)=O)[C@@H](OC(C)=O)[C@H]3OC(C)=O)[C@H]2OC(C)=O)[C@H]1OC(C)=O. The van der Waals surface area contributed by atoms with Gasteiger partial charge in [-0.05, 0) is 13.8 Å². The maximum Gasteiger partial charge on any atom is 0.303 e. The van der Waals surface area contributed by atoms with Gasteiger partial charge in [0.15, 0.2) is 61.6 Å². The van der Waals surface area contributed by atoms with Crippen molar-refractivity contribution in [3.63, 3.8) is 0 Å². The minimum atomic E-state index is -1.98. The Bertz CT molecular complexity index is 1460. The molecule has 0 radical (unpaired) electrons. The second-order valence-electron chi connectivity index (χ2n) is 13.0. The Morgan fingerprint density at radius 2 is 0.732 bits per heavy atom. The summed E-state index contributed by atoms with van der Waals surface area (Å²) in [6.45, 7) is 10.6. The van der Waals surface area contributed by atoms with Crippen LogP contribution < -0.4 is 0 Å². The highest BCUT2D eigenvalue weighted by molar-refractivity contribution is 5.69. The van der Waals surface area contributed by atoms with Gasteiger partial charge in [-0.15, -0.1) is 0 Å². The van der Waals surface area contributed by atoms with Crippen LogP contribution >= 0.6 is 0 Å². The van der Waals surface area contributed by atoms with Gasteiger partial charge >= 0.3 is 47.8 Å². The molecule has 3 saturated heterocycles. The normalized spacial score (nSPS) is 35.4. The van der Waals surface area contributed by atoms with E-state index in [4.69, 9.17) is 61.6 Å². The van der Waals surface area contributed by atoms with Gasteiger partial charge in [-0.1, -0.05) is 0 Å². The fraction of sp³-hybridized carbons (Fsp3) is 0.765. The van der Waals surface area contributed by atoms with Crippen LogP contribution in [0.3, 0.4) is 0 Å². The molecule has 3 rings (SSSR count). The molecule has 1 N–H and O–H groups in total. The van der Waals surface area contributed by atoms with Crippen molar-refractivity contribution >= 4 is 47.8 Å². The first-order valence-electron chi connectivity index (χ1n) is 17.4. The Labute approximate surface area is 320 Å². The number of aliphatic hydroxyl groups excluding tert-OH is 1. The Hall–Kier alpha value is -4.48. The van der Waals surface area contributed by atoms with Crippen LogP contribution in [-0.4, -0.2) is 152 Å². The van der Waals surface area contributed by atoms with Crippen molar-refractivity contribution in [2.45, 2.75) is 161 Å². The Balaban J connectivity index is 2.18. The molecule has 0 saturated carbocycles. The van der Waals surface area contributed by atoms with Gasteiger partial charge < -0.3 is 66.7 Å². The van der Waals surface area contributed by atoms with E-state index in [9.17, 15) is 43.5 Å². The highest BCUT2D eigenvalue weighted by Gasteiger charge is 2.58. The number of ether oxygens (including phenoxy) is 13. The van der Waals surface area contributed by atoms with Gasteiger partial charge in [-0.25, -0.2) is 0 Å². The molecule has 0 bridgehead atoms. The third-order valence-corrected chi connectivity index (χ3v) is 8.21. The fourth-order valence-corrected chi connectivity index (χ4v) is 6.33. The van der Waals surface area contributed by atoms with Crippen LogP contribution in [0.25, 0.3) is 0 Å². The van der Waals surface area contributed by atoms with Gasteiger partial charge in [0.2, 0.25) is 0 Å². The average Bonchev–Trinajstić information content (AvgIpc) is 3.04. The quantitative estimate of drug-likeness (QED) is 0.173. The van der Waals surface area contributed by atoms with Crippen molar-refractivity contribution in [3.8, 4) is 0 Å². The third-order valence-electron chi connectivity index (χ3n) is 8.21. The molecule has 0 amide bonds. The van der Waals surface area contributed by atoms with Gasteiger partial charge in [0.1, 0.15) is 24.9 Å². The van der Waals surface area contributed by atoms with Gasteiger partial charge in [-0.2, -0.15) is 0 Å². The topological polar surface area (TPSA) is 277 Å². The van der Waals surface area contributed by atoms with Crippen LogP contribution in [0.2, 0.25) is 0 Å². The van der Waals surface area contributed by atoms with Crippen LogP contribution in [0.15, 0.2) is 0 Å². The Morgan fingerprint density at radius 1 is 0.411 bits per heavy atom. The second-order valence-corrected chi connectivity index (χ2v) is 13.0. The zero-order chi connectivity index (χ0) is 42.2. The number of rotatable bonds is 13. The van der Waals surface area contributed by atoms with Crippen molar-refractivity contribution in [1.29, 1.82) is 0 Å². The Kier molecular flexibility index (Phi) is 16.5. The van der Waals surface area contributed by atoms with Crippen LogP contribution in [0.5, 0.6) is 0 Å². The zero-order valence-corrected chi connectivity index (χ0v) is 32.4. The van der Waals surface area contributed by atoms with Crippen molar-refractivity contribution in [1.82, 2.24) is 0 Å². The smallest absolute Gasteiger partial charge is 0.303 e. The molecule has 3 aliphatic rings. The molecule has 316 valence electrons. The molecule has 0 spiro atoms. The molecule has 56 heavy (non-hydrogen) atoms. The monoisotopic (exact) mass is 808 g/mol. The summed E-state index contributed by atoms with van der Waals surface area (Å²) >= 11 is 0. The lowest BCUT2D eigenvalue weighted by atomic mass is 9.95. The molecular formula is C34H48O22. The highest BCUT2D eigenvalue weighted by Crippen LogP contribution is 2.37. The van der Waals surface area contributed by atoms with E-state index in [0.717, 1.165) is 55.4 Å². The summed E-state index contributed by atoms with van der Waals surface area (Å²) in [5.41, 5.74) is 0. The molecule has 15 atom stereocenters. The van der Waals surface area contributed by atoms with Crippen molar-refractivity contribution in [2.24, 2.45) is 0 Å². The van der Waals surface area contributed by atoms with Crippen molar-refractivity contribution in [3.05, 3.63) is 0 Å². The largest absolute Gasteiger partial charge is 0.463 e. The predicted octanol–water partition coefficient (Wildman–Crippen LogP) is -0.951. The van der Waals surface area contributed by atoms with E-state index in [2.05, 4.69) is 0 Å². The molecule has 0 aromatic rings. The number of hydrogen-bond donors (Lipinski definition) is 1. The first-order chi connectivity index (χ1) is 26.1. The Morgan fingerprint density at radius 3 is 1.14 bits per heavy atom. The summed E-state index contributed by atoms with van der Waals surface area (Å²) in [4.78, 5) is 98.1. The molecular weight excluding hydrogens is 760 g/mol. The number of aliphatic hydroxyl groups is 1. The van der Waals surface area contributed by atoms with Crippen molar-refractivity contribution < 1.29 is 105 Å². The molecule has 0 aromatic heterocycles. The van der Waals surface area contributed by atoms with Crippen LogP contribution in [-0.2, 0) is 99.9 Å². The summed E-state index contributed by atoms with van der Waals surface area (Å²) in [7, 11) is 0. The van der Waals surface area contributed by atoms with Gasteiger partial charge in [0, 0.05) is 55.4 Å². The minimum Gasteiger partial charge on any atom is -0.463 e. The summed E-state index contributed by atoms with van der Waals surface area (Å²) in [6, 6.07) is 0. The summed E-state index contributed by atoms with van der Waals surface area (Å²) < 4.78 is 73.5. The molecule has 22 nitrogen and oxygen atoms in total. The second kappa shape index (κ2) is 20.1. The molecule has 0 aliphatic carbocycles. The van der Waals surface area contributed by atoms with E-state index in [1.807, 2.05) is 0 Å². The number of hydrogen-bond acceptors (Lipinski definition) is 22. The lowest BCUT2D eigenvalue weighted by molar-refractivity contribution is -0.376. The molecule has 22 heteroatoms. The predicted molar refractivity (Wildman–Crippen MR) is 175 cm³/mol. The molecule has 0 aromatic carbocycles. The van der Waals surface area contributed by atoms with Gasteiger partial charge in [0.05, 0.1) is 12.2 Å². The molecule has 3 fully saturated rings. The van der Waals surface area contributed by atoms with E-state index in [-0.39, 0.29) is 0 Å².